The van der Waals surface area contributed by atoms with Crippen LogP contribution in [0.25, 0.3) is 22.2 Å². The van der Waals surface area contributed by atoms with E-state index < -0.39 is 6.29 Å². The van der Waals surface area contributed by atoms with E-state index in [-0.39, 0.29) is 36.5 Å². The number of aromatic nitrogens is 2. The van der Waals surface area contributed by atoms with E-state index in [0.29, 0.717) is 18.5 Å². The number of nitrogens with zero attached hydrogens (tertiary/aromatic N) is 2. The molecule has 53 heavy (non-hydrogen) atoms. The Labute approximate surface area is 308 Å². The lowest BCUT2D eigenvalue weighted by Crippen LogP contribution is -2.43. The quantitative estimate of drug-likeness (QED) is 0.138. The zero-order valence-corrected chi connectivity index (χ0v) is 29.6. The number of nitrogens with one attached hydrogen (secondary N) is 2. The second kappa shape index (κ2) is 15.7. The number of fused-ring (bicyclic) bond motifs is 1. The number of likely N-dealkylation sites (tertiary alicyclic amines) is 1. The number of rotatable bonds is 10. The SMILES string of the molecule is O=C(NCc1cccc(-c2ccc([C@@H]3O[C@H](CN4CCC(n5c(=O)[nH]c6ccccc65)CC4)C[C@H](c4ccc(CO)cc4)O3)cc2)c1)c1ccccc1. The molecular weight excluding hydrogens is 665 g/mol. The van der Waals surface area contributed by atoms with E-state index in [9.17, 15) is 14.7 Å². The van der Waals surface area contributed by atoms with Crippen molar-refractivity contribution in [3.63, 3.8) is 0 Å². The number of hydrogen-bond donors (Lipinski definition) is 3. The molecule has 9 heteroatoms. The van der Waals surface area contributed by atoms with Crippen LogP contribution in [0.2, 0.25) is 0 Å². The van der Waals surface area contributed by atoms with Crippen molar-refractivity contribution < 1.29 is 19.4 Å². The van der Waals surface area contributed by atoms with Gasteiger partial charge in [0.2, 0.25) is 0 Å². The van der Waals surface area contributed by atoms with Crippen LogP contribution in [-0.2, 0) is 22.6 Å². The van der Waals surface area contributed by atoms with Gasteiger partial charge in [0.25, 0.3) is 5.91 Å². The number of imidazole rings is 1. The predicted molar refractivity (Wildman–Crippen MR) is 205 cm³/mol. The van der Waals surface area contributed by atoms with Gasteiger partial charge in [0.1, 0.15) is 0 Å². The fourth-order valence-electron chi connectivity index (χ4n) is 7.69. The molecule has 0 saturated carbocycles. The third kappa shape index (κ3) is 7.89. The van der Waals surface area contributed by atoms with E-state index in [1.165, 1.54) is 0 Å². The van der Waals surface area contributed by atoms with E-state index in [0.717, 1.165) is 76.9 Å². The standard InChI is InChI=1S/C44H44N4O5/c49-29-30-13-15-33(16-14-30)41-26-38(28-47-23-21-37(22-24-47)48-40-12-5-4-11-39(40)46-44(48)51)52-43(53-41)35-19-17-32(18-20-35)36-10-6-7-31(25-36)27-45-42(50)34-8-2-1-3-9-34/h1-20,25,37-38,41,43,49H,21-24,26-29H2,(H,45,50)(H,46,51)/t38-,41+,43+/m0/s1. The van der Waals surface area contributed by atoms with Gasteiger partial charge in [-0.05, 0) is 71.0 Å². The monoisotopic (exact) mass is 708 g/mol. The van der Waals surface area contributed by atoms with Gasteiger partial charge in [0.05, 0.1) is 29.8 Å². The molecule has 6 aromatic rings. The molecule has 0 spiro atoms. The maximum absolute atomic E-state index is 12.9. The minimum absolute atomic E-state index is 0.00161. The lowest BCUT2D eigenvalue weighted by atomic mass is 9.98. The molecule has 5 aromatic carbocycles. The van der Waals surface area contributed by atoms with E-state index in [2.05, 4.69) is 51.6 Å². The Morgan fingerprint density at radius 1 is 0.774 bits per heavy atom. The zero-order valence-electron chi connectivity index (χ0n) is 29.6. The molecule has 270 valence electrons. The number of amides is 1. The third-order valence-corrected chi connectivity index (χ3v) is 10.6. The molecule has 8 rings (SSSR count). The number of aromatic amines is 1. The first kappa shape index (κ1) is 34.7. The Morgan fingerprint density at radius 2 is 1.51 bits per heavy atom. The maximum atomic E-state index is 12.9. The number of aliphatic hydroxyl groups excluding tert-OH is 1. The molecule has 3 heterocycles. The summed E-state index contributed by atoms with van der Waals surface area (Å²) in [5.41, 5.74) is 8.46. The third-order valence-electron chi connectivity index (χ3n) is 10.6. The van der Waals surface area contributed by atoms with Gasteiger partial charge >= 0.3 is 5.69 Å². The second-order valence-corrected chi connectivity index (χ2v) is 14.1. The lowest BCUT2D eigenvalue weighted by Gasteiger charge is -2.40. The first-order valence-electron chi connectivity index (χ1n) is 18.5. The van der Waals surface area contributed by atoms with Gasteiger partial charge < -0.3 is 29.8 Å². The molecule has 3 N–H and O–H groups in total. The largest absolute Gasteiger partial charge is 0.392 e. The summed E-state index contributed by atoms with van der Waals surface area (Å²) in [7, 11) is 0. The van der Waals surface area contributed by atoms with E-state index in [1.807, 2.05) is 95.6 Å². The van der Waals surface area contributed by atoms with Crippen molar-refractivity contribution in [2.45, 2.75) is 57.0 Å². The number of piperidine rings is 1. The second-order valence-electron chi connectivity index (χ2n) is 14.1. The number of carbonyl (C=O) groups is 1. The van der Waals surface area contributed by atoms with Crippen LogP contribution < -0.4 is 11.0 Å². The minimum Gasteiger partial charge on any atom is -0.392 e. The highest BCUT2D eigenvalue weighted by molar-refractivity contribution is 5.94. The van der Waals surface area contributed by atoms with Gasteiger partial charge in [-0.1, -0.05) is 97.1 Å². The molecule has 0 aliphatic carbocycles. The Balaban J connectivity index is 0.951. The summed E-state index contributed by atoms with van der Waals surface area (Å²) in [6.07, 6.45) is 1.71. The molecule has 2 aliphatic rings. The summed E-state index contributed by atoms with van der Waals surface area (Å²) in [5, 5.41) is 12.6. The molecule has 0 radical (unpaired) electrons. The summed E-state index contributed by atoms with van der Waals surface area (Å²) in [6.45, 7) is 2.96. The smallest absolute Gasteiger partial charge is 0.326 e. The molecule has 9 nitrogen and oxygen atoms in total. The van der Waals surface area contributed by atoms with Crippen molar-refractivity contribution in [1.82, 2.24) is 19.8 Å². The van der Waals surface area contributed by atoms with Crippen molar-refractivity contribution in [1.29, 1.82) is 0 Å². The van der Waals surface area contributed by atoms with Gasteiger partial charge in [-0.15, -0.1) is 0 Å². The number of carbonyl (C=O) groups excluding carboxylic acids is 1. The van der Waals surface area contributed by atoms with Gasteiger partial charge in [0, 0.05) is 49.8 Å². The van der Waals surface area contributed by atoms with Crippen LogP contribution in [0.3, 0.4) is 0 Å². The lowest BCUT2D eigenvalue weighted by molar-refractivity contribution is -0.253. The van der Waals surface area contributed by atoms with Crippen molar-refractivity contribution in [3.05, 3.63) is 166 Å². The van der Waals surface area contributed by atoms with Gasteiger partial charge in [0.15, 0.2) is 6.29 Å². The normalized spacial score (nSPS) is 19.7. The van der Waals surface area contributed by atoms with Crippen LogP contribution in [0.1, 0.15) is 70.3 Å². The van der Waals surface area contributed by atoms with Crippen molar-refractivity contribution in [3.8, 4) is 11.1 Å². The summed E-state index contributed by atoms with van der Waals surface area (Å²) < 4.78 is 15.3. The van der Waals surface area contributed by atoms with E-state index >= 15 is 0 Å². The van der Waals surface area contributed by atoms with Gasteiger partial charge in [-0.3, -0.25) is 9.36 Å². The highest BCUT2D eigenvalue weighted by Crippen LogP contribution is 2.39. The molecule has 3 atom stereocenters. The number of H-pyrrole nitrogens is 1. The number of ether oxygens (including phenoxy) is 2. The molecule has 1 aromatic heterocycles. The fourth-order valence-corrected chi connectivity index (χ4v) is 7.69. The number of benzene rings is 5. The maximum Gasteiger partial charge on any atom is 0.326 e. The summed E-state index contributed by atoms with van der Waals surface area (Å²) in [5.74, 6) is -0.0967. The summed E-state index contributed by atoms with van der Waals surface area (Å²) >= 11 is 0. The van der Waals surface area contributed by atoms with Gasteiger partial charge in [-0.2, -0.15) is 0 Å². The van der Waals surface area contributed by atoms with Crippen LogP contribution in [-0.4, -0.2) is 51.2 Å². The summed E-state index contributed by atoms with van der Waals surface area (Å²) in [6, 6.07) is 41.8. The van der Waals surface area contributed by atoms with Crippen LogP contribution >= 0.6 is 0 Å². The average molecular weight is 709 g/mol. The Kier molecular flexibility index (Phi) is 10.3. The molecule has 2 aliphatic heterocycles. The van der Waals surface area contributed by atoms with Crippen LogP contribution in [0, 0.1) is 0 Å². The number of aliphatic hydroxyl groups is 1. The first-order chi connectivity index (χ1) is 26.0. The molecule has 2 fully saturated rings. The summed E-state index contributed by atoms with van der Waals surface area (Å²) in [4.78, 5) is 30.9. The molecular formula is C44H44N4O5. The Hall–Kier alpha value is -5.32. The number of para-hydroxylation sites is 2. The highest BCUT2D eigenvalue weighted by atomic mass is 16.7. The number of hydrogen-bond acceptors (Lipinski definition) is 6. The van der Waals surface area contributed by atoms with Crippen LogP contribution in [0.4, 0.5) is 0 Å². The molecule has 1 amide bonds. The Bertz CT molecular complexity index is 2210. The average Bonchev–Trinajstić information content (AvgIpc) is 3.56. The van der Waals surface area contributed by atoms with Crippen molar-refractivity contribution in [2.24, 2.45) is 0 Å². The molecule has 0 bridgehead atoms. The minimum atomic E-state index is -0.549. The van der Waals surface area contributed by atoms with Gasteiger partial charge in [-0.25, -0.2) is 4.79 Å². The predicted octanol–water partition coefficient (Wildman–Crippen LogP) is 7.30. The molecule has 2 saturated heterocycles. The Morgan fingerprint density at radius 3 is 2.28 bits per heavy atom. The first-order valence-corrected chi connectivity index (χ1v) is 18.5. The fraction of sp³-hybridized carbons (Fsp3) is 0.273. The van der Waals surface area contributed by atoms with Crippen LogP contribution in [0.15, 0.2) is 132 Å². The topological polar surface area (TPSA) is 109 Å². The van der Waals surface area contributed by atoms with E-state index in [1.54, 1.807) is 0 Å². The molecule has 0 unspecified atom stereocenters. The highest BCUT2D eigenvalue weighted by Gasteiger charge is 2.34. The van der Waals surface area contributed by atoms with Crippen molar-refractivity contribution >= 4 is 16.9 Å². The van der Waals surface area contributed by atoms with E-state index in [4.69, 9.17) is 9.47 Å². The van der Waals surface area contributed by atoms with Crippen LogP contribution in [0.5, 0.6) is 0 Å². The zero-order chi connectivity index (χ0) is 36.1. The van der Waals surface area contributed by atoms with Crippen molar-refractivity contribution in [2.75, 3.05) is 19.6 Å².